The van der Waals surface area contributed by atoms with Gasteiger partial charge in [0.2, 0.25) is 5.91 Å². The van der Waals surface area contributed by atoms with E-state index >= 15 is 0 Å². The van der Waals surface area contributed by atoms with Gasteiger partial charge in [0.15, 0.2) is 0 Å². The van der Waals surface area contributed by atoms with E-state index in [1.54, 1.807) is 0 Å². The number of nitrogens with zero attached hydrogens (tertiary/aromatic N) is 2. The van der Waals surface area contributed by atoms with Crippen LogP contribution in [0.5, 0.6) is 0 Å². The second-order valence-electron chi connectivity index (χ2n) is 6.19. The molecule has 2 N–H and O–H groups in total. The van der Waals surface area contributed by atoms with Gasteiger partial charge in [-0.15, -0.1) is 0 Å². The Kier molecular flexibility index (Phi) is 4.29. The summed E-state index contributed by atoms with van der Waals surface area (Å²) in [4.78, 5) is 13.8. The number of nitrogens with two attached hydrogens (primary N) is 1. The molecular formula is C18H23N3O. The van der Waals surface area contributed by atoms with Gasteiger partial charge in [0.1, 0.15) is 0 Å². The highest BCUT2D eigenvalue weighted by molar-refractivity contribution is 5.76. The number of amides is 1. The summed E-state index contributed by atoms with van der Waals surface area (Å²) in [5.41, 5.74) is 9.15. The minimum Gasteiger partial charge on any atom is -0.369 e. The molecule has 4 heteroatoms. The highest BCUT2D eigenvalue weighted by Crippen LogP contribution is 2.20. The average molecular weight is 297 g/mol. The molecule has 1 aliphatic rings. The quantitative estimate of drug-likeness (QED) is 0.942. The third-order valence-corrected chi connectivity index (χ3v) is 4.41. The molecule has 0 saturated carbocycles. The van der Waals surface area contributed by atoms with E-state index in [-0.39, 0.29) is 11.8 Å². The van der Waals surface area contributed by atoms with E-state index in [9.17, 15) is 4.79 Å². The van der Waals surface area contributed by atoms with Gasteiger partial charge in [-0.2, -0.15) is 0 Å². The van der Waals surface area contributed by atoms with E-state index in [4.69, 9.17) is 5.73 Å². The van der Waals surface area contributed by atoms with Crippen molar-refractivity contribution in [1.29, 1.82) is 0 Å². The summed E-state index contributed by atoms with van der Waals surface area (Å²) < 4.78 is 2.22. The summed E-state index contributed by atoms with van der Waals surface area (Å²) in [6, 6.07) is 12.7. The standard InChI is InChI=1S/C18H23N3O/c1-14-5-2-7-16(11-14)21-10-4-8-17(21)13-20-9-3-6-15(12-20)18(19)22/h2,4-5,7-8,10-11,15H,3,6,9,12-13H2,1H3,(H2,19,22). The van der Waals surface area contributed by atoms with Crippen LogP contribution in [0.1, 0.15) is 24.1 Å². The molecule has 0 radical (unpaired) electrons. The van der Waals surface area contributed by atoms with Crippen LogP contribution in [0.15, 0.2) is 42.6 Å². The van der Waals surface area contributed by atoms with Crippen LogP contribution in [0, 0.1) is 12.8 Å². The number of aryl methyl sites for hydroxylation is 1. The second kappa shape index (κ2) is 6.36. The summed E-state index contributed by atoms with van der Waals surface area (Å²) in [5.74, 6) is -0.171. The van der Waals surface area contributed by atoms with Crippen LogP contribution >= 0.6 is 0 Å². The molecule has 1 unspecified atom stereocenters. The van der Waals surface area contributed by atoms with Crippen molar-refractivity contribution in [2.75, 3.05) is 13.1 Å². The van der Waals surface area contributed by atoms with Gasteiger partial charge in [0.05, 0.1) is 5.92 Å². The number of primary amides is 1. The topological polar surface area (TPSA) is 51.3 Å². The Hall–Kier alpha value is -2.07. The first-order valence-electron chi connectivity index (χ1n) is 7.88. The van der Waals surface area contributed by atoms with Gasteiger partial charge >= 0.3 is 0 Å². The highest BCUT2D eigenvalue weighted by Gasteiger charge is 2.24. The lowest BCUT2D eigenvalue weighted by Crippen LogP contribution is -2.40. The third kappa shape index (κ3) is 3.22. The molecule has 0 spiro atoms. The number of hydrogen-bond donors (Lipinski definition) is 1. The summed E-state index contributed by atoms with van der Waals surface area (Å²) >= 11 is 0. The lowest BCUT2D eigenvalue weighted by Gasteiger charge is -2.31. The largest absolute Gasteiger partial charge is 0.369 e. The van der Waals surface area contributed by atoms with Gasteiger partial charge < -0.3 is 10.3 Å². The zero-order valence-electron chi connectivity index (χ0n) is 13.0. The number of carbonyl (C=O) groups excluding carboxylic acids is 1. The van der Waals surface area contributed by atoms with Gasteiger partial charge in [-0.25, -0.2) is 0 Å². The van der Waals surface area contributed by atoms with Crippen molar-refractivity contribution in [2.24, 2.45) is 11.7 Å². The number of rotatable bonds is 4. The number of benzene rings is 1. The van der Waals surface area contributed by atoms with Crippen molar-refractivity contribution in [3.63, 3.8) is 0 Å². The first-order chi connectivity index (χ1) is 10.6. The molecule has 1 saturated heterocycles. The number of likely N-dealkylation sites (tertiary alicyclic amines) is 1. The first kappa shape index (κ1) is 14.9. The van der Waals surface area contributed by atoms with Crippen molar-refractivity contribution in [1.82, 2.24) is 9.47 Å². The summed E-state index contributed by atoms with van der Waals surface area (Å²) in [7, 11) is 0. The minimum absolute atomic E-state index is 0.00358. The Morgan fingerprint density at radius 2 is 2.18 bits per heavy atom. The molecule has 1 amide bonds. The van der Waals surface area contributed by atoms with Crippen molar-refractivity contribution < 1.29 is 4.79 Å². The number of piperidine rings is 1. The molecule has 2 heterocycles. The van der Waals surface area contributed by atoms with E-state index in [1.165, 1.54) is 16.9 Å². The van der Waals surface area contributed by atoms with E-state index in [0.29, 0.717) is 0 Å². The summed E-state index contributed by atoms with van der Waals surface area (Å²) in [6.07, 6.45) is 4.06. The van der Waals surface area contributed by atoms with Gasteiger partial charge in [-0.3, -0.25) is 9.69 Å². The molecule has 116 valence electrons. The zero-order valence-corrected chi connectivity index (χ0v) is 13.0. The molecule has 1 aromatic carbocycles. The summed E-state index contributed by atoms with van der Waals surface area (Å²) in [5, 5.41) is 0. The molecule has 0 aliphatic carbocycles. The molecule has 1 aromatic heterocycles. The van der Waals surface area contributed by atoms with Crippen LogP contribution in [0.3, 0.4) is 0 Å². The Morgan fingerprint density at radius 3 is 2.95 bits per heavy atom. The van der Waals surface area contributed by atoms with Crippen LogP contribution in [0.2, 0.25) is 0 Å². The fraction of sp³-hybridized carbons (Fsp3) is 0.389. The maximum Gasteiger partial charge on any atom is 0.221 e. The number of hydrogen-bond acceptors (Lipinski definition) is 2. The van der Waals surface area contributed by atoms with Gasteiger partial charge in [-0.05, 0) is 56.1 Å². The average Bonchev–Trinajstić information content (AvgIpc) is 2.95. The molecule has 1 atom stereocenters. The molecular weight excluding hydrogens is 274 g/mol. The van der Waals surface area contributed by atoms with Crippen LogP contribution in [0.25, 0.3) is 5.69 Å². The predicted molar refractivity (Wildman–Crippen MR) is 87.7 cm³/mol. The van der Waals surface area contributed by atoms with Crippen LogP contribution < -0.4 is 5.73 Å². The molecule has 1 fully saturated rings. The van der Waals surface area contributed by atoms with Crippen molar-refractivity contribution in [2.45, 2.75) is 26.3 Å². The lowest BCUT2D eigenvalue weighted by atomic mass is 9.97. The Morgan fingerprint density at radius 1 is 1.32 bits per heavy atom. The predicted octanol–water partition coefficient (Wildman–Crippen LogP) is 2.48. The minimum atomic E-state index is -0.168. The molecule has 1 aliphatic heterocycles. The van der Waals surface area contributed by atoms with Crippen LogP contribution in [0.4, 0.5) is 0 Å². The normalized spacial score (nSPS) is 19.2. The second-order valence-corrected chi connectivity index (χ2v) is 6.19. The highest BCUT2D eigenvalue weighted by atomic mass is 16.1. The van der Waals surface area contributed by atoms with E-state index in [0.717, 1.165) is 32.5 Å². The van der Waals surface area contributed by atoms with Crippen molar-refractivity contribution >= 4 is 5.91 Å². The lowest BCUT2D eigenvalue weighted by molar-refractivity contribution is -0.123. The maximum atomic E-state index is 11.4. The SMILES string of the molecule is Cc1cccc(-n2cccc2CN2CCCC(C(N)=O)C2)c1. The van der Waals surface area contributed by atoms with Crippen LogP contribution in [-0.4, -0.2) is 28.5 Å². The smallest absolute Gasteiger partial charge is 0.221 e. The van der Waals surface area contributed by atoms with Gasteiger partial charge in [0.25, 0.3) is 0 Å². The van der Waals surface area contributed by atoms with Crippen molar-refractivity contribution in [3.8, 4) is 5.69 Å². The molecule has 3 rings (SSSR count). The third-order valence-electron chi connectivity index (χ3n) is 4.41. The fourth-order valence-corrected chi connectivity index (χ4v) is 3.24. The van der Waals surface area contributed by atoms with E-state index < -0.39 is 0 Å². The molecule has 0 bridgehead atoms. The first-order valence-corrected chi connectivity index (χ1v) is 7.88. The fourth-order valence-electron chi connectivity index (χ4n) is 3.24. The molecule has 22 heavy (non-hydrogen) atoms. The Bertz CT molecular complexity index is 662. The van der Waals surface area contributed by atoms with Gasteiger partial charge in [-0.1, -0.05) is 12.1 Å². The van der Waals surface area contributed by atoms with E-state index in [2.05, 4.69) is 59.0 Å². The number of aromatic nitrogens is 1. The Labute approximate surface area is 131 Å². The van der Waals surface area contributed by atoms with E-state index in [1.807, 2.05) is 0 Å². The van der Waals surface area contributed by atoms with Gasteiger partial charge in [0, 0.05) is 30.7 Å². The maximum absolute atomic E-state index is 11.4. The van der Waals surface area contributed by atoms with Crippen molar-refractivity contribution in [3.05, 3.63) is 53.9 Å². The monoisotopic (exact) mass is 297 g/mol. The molecule has 4 nitrogen and oxygen atoms in total. The Balaban J connectivity index is 1.76. The number of carbonyl (C=O) groups is 1. The van der Waals surface area contributed by atoms with Crippen LogP contribution in [-0.2, 0) is 11.3 Å². The molecule has 2 aromatic rings. The summed E-state index contributed by atoms with van der Waals surface area (Å²) in [6.45, 7) is 4.76. The zero-order chi connectivity index (χ0) is 15.5.